The maximum Gasteiger partial charge on any atom is 0.242 e. The number of aryl methyl sites for hydroxylation is 1. The molecule has 1 aromatic carbocycles. The summed E-state index contributed by atoms with van der Waals surface area (Å²) in [5.41, 5.74) is 1.57. The predicted molar refractivity (Wildman–Crippen MR) is 71.1 cm³/mol. The molecule has 1 heterocycles. The number of hydrogen-bond donors (Lipinski definition) is 1. The fraction of sp³-hybridized carbons (Fsp3) is 0.214. The van der Waals surface area contributed by atoms with Gasteiger partial charge in [0.2, 0.25) is 5.91 Å². The third-order valence-corrected chi connectivity index (χ3v) is 2.73. The molecule has 1 amide bonds. The van der Waals surface area contributed by atoms with Gasteiger partial charge in [-0.3, -0.25) is 9.48 Å². The molecule has 1 unspecified atom stereocenters. The number of carbonyl (C=O) groups is 1. The SMILES string of the molecule is Cn1cc(NC(=O)C(C#N)Cc2ccccc2)cn1. The summed E-state index contributed by atoms with van der Waals surface area (Å²) in [5, 5.41) is 15.8. The Kier molecular flexibility index (Phi) is 3.94. The minimum atomic E-state index is -0.706. The van der Waals surface area contributed by atoms with E-state index in [1.165, 1.54) is 0 Å². The van der Waals surface area contributed by atoms with E-state index in [0.717, 1.165) is 5.56 Å². The van der Waals surface area contributed by atoms with Gasteiger partial charge in [0.1, 0.15) is 5.92 Å². The maximum atomic E-state index is 12.0. The molecule has 0 fully saturated rings. The van der Waals surface area contributed by atoms with Crippen LogP contribution in [0.4, 0.5) is 5.69 Å². The number of nitrogens with one attached hydrogen (secondary N) is 1. The number of nitrogens with zero attached hydrogens (tertiary/aromatic N) is 3. The van der Waals surface area contributed by atoms with Gasteiger partial charge in [-0.2, -0.15) is 10.4 Å². The predicted octanol–water partition coefficient (Wildman–Crippen LogP) is 1.74. The monoisotopic (exact) mass is 254 g/mol. The second-order valence-corrected chi connectivity index (χ2v) is 4.26. The van der Waals surface area contributed by atoms with E-state index in [0.29, 0.717) is 12.1 Å². The van der Waals surface area contributed by atoms with Crippen LogP contribution in [-0.4, -0.2) is 15.7 Å². The van der Waals surface area contributed by atoms with Crippen molar-refractivity contribution in [2.24, 2.45) is 13.0 Å². The molecule has 19 heavy (non-hydrogen) atoms. The van der Waals surface area contributed by atoms with E-state index in [2.05, 4.69) is 10.4 Å². The van der Waals surface area contributed by atoms with E-state index in [-0.39, 0.29) is 5.91 Å². The first-order valence-electron chi connectivity index (χ1n) is 5.92. The number of benzene rings is 1. The largest absolute Gasteiger partial charge is 0.322 e. The van der Waals surface area contributed by atoms with Crippen molar-refractivity contribution in [3.05, 3.63) is 48.3 Å². The number of hydrogen-bond acceptors (Lipinski definition) is 3. The fourth-order valence-electron chi connectivity index (χ4n) is 1.76. The lowest BCUT2D eigenvalue weighted by Gasteiger charge is -2.08. The van der Waals surface area contributed by atoms with E-state index in [1.807, 2.05) is 36.4 Å². The van der Waals surface area contributed by atoms with Gasteiger partial charge in [-0.15, -0.1) is 0 Å². The topological polar surface area (TPSA) is 70.7 Å². The molecule has 1 N–H and O–H groups in total. The van der Waals surface area contributed by atoms with Gasteiger partial charge in [-0.05, 0) is 12.0 Å². The van der Waals surface area contributed by atoms with Crippen LogP contribution in [0.25, 0.3) is 0 Å². The van der Waals surface area contributed by atoms with Gasteiger partial charge in [-0.1, -0.05) is 30.3 Å². The van der Waals surface area contributed by atoms with Crippen LogP contribution >= 0.6 is 0 Å². The van der Waals surface area contributed by atoms with E-state index in [1.54, 1.807) is 24.1 Å². The molecule has 96 valence electrons. The van der Waals surface area contributed by atoms with Gasteiger partial charge in [0.05, 0.1) is 18.0 Å². The number of nitriles is 1. The van der Waals surface area contributed by atoms with Crippen molar-refractivity contribution < 1.29 is 4.79 Å². The summed E-state index contributed by atoms with van der Waals surface area (Å²) in [6.07, 6.45) is 3.65. The highest BCUT2D eigenvalue weighted by Gasteiger charge is 2.18. The molecule has 0 bridgehead atoms. The number of rotatable bonds is 4. The molecule has 1 aromatic heterocycles. The molecule has 0 aliphatic carbocycles. The Bertz CT molecular complexity index is 597. The molecule has 2 aromatic rings. The first-order valence-corrected chi connectivity index (χ1v) is 5.92. The molecule has 0 saturated carbocycles. The molecule has 0 aliphatic heterocycles. The third-order valence-electron chi connectivity index (χ3n) is 2.73. The zero-order valence-corrected chi connectivity index (χ0v) is 10.6. The lowest BCUT2D eigenvalue weighted by atomic mass is 10.00. The summed E-state index contributed by atoms with van der Waals surface area (Å²) >= 11 is 0. The van der Waals surface area contributed by atoms with Crippen LogP contribution in [-0.2, 0) is 18.3 Å². The Morgan fingerprint density at radius 3 is 2.79 bits per heavy atom. The zero-order valence-electron chi connectivity index (χ0n) is 10.6. The molecular formula is C14H14N4O. The molecule has 5 nitrogen and oxygen atoms in total. The summed E-state index contributed by atoms with van der Waals surface area (Å²) in [5.74, 6) is -1.01. The Hall–Kier alpha value is -2.61. The minimum absolute atomic E-state index is 0.306. The van der Waals surface area contributed by atoms with Crippen LogP contribution in [0, 0.1) is 17.2 Å². The summed E-state index contributed by atoms with van der Waals surface area (Å²) in [6, 6.07) is 11.5. The fourth-order valence-corrected chi connectivity index (χ4v) is 1.76. The number of carbonyl (C=O) groups excluding carboxylic acids is 1. The highest BCUT2D eigenvalue weighted by atomic mass is 16.1. The van der Waals surface area contributed by atoms with Crippen molar-refractivity contribution in [3.63, 3.8) is 0 Å². The van der Waals surface area contributed by atoms with E-state index in [4.69, 9.17) is 5.26 Å². The van der Waals surface area contributed by atoms with E-state index >= 15 is 0 Å². The second kappa shape index (κ2) is 5.83. The first-order chi connectivity index (χ1) is 9.19. The Morgan fingerprint density at radius 2 is 2.21 bits per heavy atom. The normalized spacial score (nSPS) is 11.6. The number of anilines is 1. The van der Waals surface area contributed by atoms with Gasteiger partial charge in [-0.25, -0.2) is 0 Å². The van der Waals surface area contributed by atoms with Gasteiger partial charge in [0.25, 0.3) is 0 Å². The van der Waals surface area contributed by atoms with Crippen LogP contribution in [0.1, 0.15) is 5.56 Å². The number of aromatic nitrogens is 2. The van der Waals surface area contributed by atoms with Gasteiger partial charge in [0.15, 0.2) is 0 Å². The summed E-state index contributed by atoms with van der Waals surface area (Å²) in [7, 11) is 1.77. The highest BCUT2D eigenvalue weighted by Crippen LogP contribution is 2.11. The second-order valence-electron chi connectivity index (χ2n) is 4.26. The molecule has 0 radical (unpaired) electrons. The number of amides is 1. The summed E-state index contributed by atoms with van der Waals surface area (Å²) < 4.78 is 1.59. The standard InChI is InChI=1S/C14H14N4O/c1-18-10-13(9-16-18)17-14(19)12(8-15)7-11-5-3-2-4-6-11/h2-6,9-10,12H,7H2,1H3,(H,17,19). The van der Waals surface area contributed by atoms with Crippen LogP contribution in [0.2, 0.25) is 0 Å². The van der Waals surface area contributed by atoms with Crippen LogP contribution < -0.4 is 5.32 Å². The van der Waals surface area contributed by atoms with E-state index < -0.39 is 5.92 Å². The van der Waals surface area contributed by atoms with Crippen LogP contribution in [0.5, 0.6) is 0 Å². The molecule has 1 atom stereocenters. The first kappa shape index (κ1) is 12.8. The Labute approximate surface area is 111 Å². The van der Waals surface area contributed by atoms with Crippen molar-refractivity contribution in [2.45, 2.75) is 6.42 Å². The van der Waals surface area contributed by atoms with Crippen molar-refractivity contribution in [2.75, 3.05) is 5.32 Å². The molecular weight excluding hydrogens is 240 g/mol. The smallest absolute Gasteiger partial charge is 0.242 e. The van der Waals surface area contributed by atoms with Crippen molar-refractivity contribution in [3.8, 4) is 6.07 Å². The molecule has 0 saturated heterocycles. The summed E-state index contributed by atoms with van der Waals surface area (Å²) in [6.45, 7) is 0. The average Bonchev–Trinajstić information content (AvgIpc) is 2.82. The molecule has 2 rings (SSSR count). The van der Waals surface area contributed by atoms with Crippen LogP contribution in [0.15, 0.2) is 42.7 Å². The Balaban J connectivity index is 2.02. The van der Waals surface area contributed by atoms with Gasteiger partial charge < -0.3 is 5.32 Å². The van der Waals surface area contributed by atoms with Crippen molar-refractivity contribution in [1.29, 1.82) is 5.26 Å². The lowest BCUT2D eigenvalue weighted by molar-refractivity contribution is -0.118. The molecule has 5 heteroatoms. The third kappa shape index (κ3) is 3.42. The van der Waals surface area contributed by atoms with Crippen LogP contribution in [0.3, 0.4) is 0 Å². The highest BCUT2D eigenvalue weighted by molar-refractivity contribution is 5.94. The van der Waals surface area contributed by atoms with E-state index in [9.17, 15) is 4.79 Å². The van der Waals surface area contributed by atoms with Gasteiger partial charge >= 0.3 is 0 Å². The molecule has 0 spiro atoms. The van der Waals surface area contributed by atoms with Crippen molar-refractivity contribution in [1.82, 2.24) is 9.78 Å². The summed E-state index contributed by atoms with van der Waals surface area (Å²) in [4.78, 5) is 12.0. The quantitative estimate of drug-likeness (QED) is 0.903. The van der Waals surface area contributed by atoms with Gasteiger partial charge in [0, 0.05) is 13.2 Å². The van der Waals surface area contributed by atoms with Crippen molar-refractivity contribution >= 4 is 11.6 Å². The lowest BCUT2D eigenvalue weighted by Crippen LogP contribution is -2.23. The minimum Gasteiger partial charge on any atom is -0.322 e. The zero-order chi connectivity index (χ0) is 13.7. The molecule has 0 aliphatic rings. The Morgan fingerprint density at radius 1 is 1.47 bits per heavy atom. The average molecular weight is 254 g/mol. The maximum absolute atomic E-state index is 12.0.